The highest BCUT2D eigenvalue weighted by Gasteiger charge is 2.35. The van der Waals surface area contributed by atoms with E-state index in [1.165, 1.54) is 6.21 Å². The van der Waals surface area contributed by atoms with Gasteiger partial charge in [0.25, 0.3) is 0 Å². The van der Waals surface area contributed by atoms with Gasteiger partial charge >= 0.3 is 0 Å². The molecule has 1 aliphatic rings. The number of hydrogen-bond acceptors (Lipinski definition) is 1. The summed E-state index contributed by atoms with van der Waals surface area (Å²) in [5.74, 6) is 0. The first kappa shape index (κ1) is 10.8. The van der Waals surface area contributed by atoms with Gasteiger partial charge in [-0.1, -0.05) is 0 Å². The van der Waals surface area contributed by atoms with E-state index in [9.17, 15) is 8.60 Å². The molecule has 2 nitrogen and oxygen atoms in total. The Labute approximate surface area is 81.2 Å². The van der Waals surface area contributed by atoms with Gasteiger partial charge in [-0.2, -0.15) is 4.40 Å². The molecule has 0 spiro atoms. The molecule has 0 aromatic rings. The molecule has 0 bridgehead atoms. The van der Waals surface area contributed by atoms with Crippen molar-refractivity contribution >= 4 is 17.2 Å². The smallest absolute Gasteiger partial charge is 0.146 e. The van der Waals surface area contributed by atoms with Gasteiger partial charge in [-0.05, 0) is 40.0 Å². The van der Waals surface area contributed by atoms with Gasteiger partial charge in [0.15, 0.2) is 0 Å². The van der Waals surface area contributed by atoms with Crippen LogP contribution < -0.4 is 0 Å². The van der Waals surface area contributed by atoms with Gasteiger partial charge in [0.1, 0.15) is 16.7 Å². The summed E-state index contributed by atoms with van der Waals surface area (Å²) in [6, 6.07) is 0. The SMILES string of the molecule is CC(C)(C)S(=O)/N=C/C1(F)CCC1. The molecule has 0 aromatic heterocycles. The molecular formula is C9H16FNOS. The van der Waals surface area contributed by atoms with Crippen LogP contribution in [-0.2, 0) is 11.0 Å². The van der Waals surface area contributed by atoms with Crippen molar-refractivity contribution in [2.45, 2.75) is 50.4 Å². The molecule has 0 radical (unpaired) electrons. The molecule has 0 saturated heterocycles. The van der Waals surface area contributed by atoms with Crippen molar-refractivity contribution in [2.75, 3.05) is 0 Å². The predicted octanol–water partition coefficient (Wildman–Crippen LogP) is 2.41. The van der Waals surface area contributed by atoms with Gasteiger partial charge in [-0.25, -0.2) is 8.60 Å². The van der Waals surface area contributed by atoms with Crippen molar-refractivity contribution in [1.82, 2.24) is 0 Å². The highest BCUT2D eigenvalue weighted by molar-refractivity contribution is 7.85. The summed E-state index contributed by atoms with van der Waals surface area (Å²) in [5.41, 5.74) is -1.26. The Morgan fingerprint density at radius 1 is 1.46 bits per heavy atom. The summed E-state index contributed by atoms with van der Waals surface area (Å²) >= 11 is 0. The number of rotatable bonds is 2. The molecule has 1 unspecified atom stereocenters. The van der Waals surface area contributed by atoms with Crippen molar-refractivity contribution in [2.24, 2.45) is 4.40 Å². The van der Waals surface area contributed by atoms with Crippen molar-refractivity contribution in [3.63, 3.8) is 0 Å². The van der Waals surface area contributed by atoms with Gasteiger partial charge in [0, 0.05) is 0 Å². The summed E-state index contributed by atoms with van der Waals surface area (Å²) in [5, 5.41) is 0. The molecule has 1 aliphatic carbocycles. The second-order valence-corrected chi connectivity index (χ2v) is 6.42. The van der Waals surface area contributed by atoms with E-state index in [4.69, 9.17) is 0 Å². The molecular weight excluding hydrogens is 189 g/mol. The maximum atomic E-state index is 13.4. The molecule has 0 N–H and O–H groups in total. The lowest BCUT2D eigenvalue weighted by atomic mass is 9.83. The van der Waals surface area contributed by atoms with E-state index >= 15 is 0 Å². The van der Waals surface area contributed by atoms with Crippen molar-refractivity contribution < 1.29 is 8.60 Å². The number of nitrogens with zero attached hydrogens (tertiary/aromatic N) is 1. The molecule has 0 heterocycles. The van der Waals surface area contributed by atoms with Crippen molar-refractivity contribution in [3.8, 4) is 0 Å². The minimum Gasteiger partial charge on any atom is -0.238 e. The lowest BCUT2D eigenvalue weighted by molar-refractivity contribution is 0.148. The summed E-state index contributed by atoms with van der Waals surface area (Å²) in [4.78, 5) is 0. The molecule has 0 aliphatic heterocycles. The maximum Gasteiger partial charge on any atom is 0.146 e. The van der Waals surface area contributed by atoms with Gasteiger partial charge in [-0.15, -0.1) is 0 Å². The van der Waals surface area contributed by atoms with Crippen molar-refractivity contribution in [3.05, 3.63) is 0 Å². The Kier molecular flexibility index (Phi) is 2.90. The minimum absolute atomic E-state index is 0.392. The third-order valence-electron chi connectivity index (χ3n) is 2.09. The average molecular weight is 205 g/mol. The van der Waals surface area contributed by atoms with Gasteiger partial charge in [-0.3, -0.25) is 0 Å². The third-order valence-corrected chi connectivity index (χ3v) is 3.43. The second-order valence-electron chi connectivity index (χ2n) is 4.48. The summed E-state index contributed by atoms with van der Waals surface area (Å²) in [7, 11) is -1.32. The second kappa shape index (κ2) is 3.48. The van der Waals surface area contributed by atoms with Gasteiger partial charge in [0.2, 0.25) is 0 Å². The van der Waals surface area contributed by atoms with Crippen LogP contribution in [0.3, 0.4) is 0 Å². The van der Waals surface area contributed by atoms with Crippen LogP contribution in [0.25, 0.3) is 0 Å². The van der Waals surface area contributed by atoms with Crippen LogP contribution in [0.15, 0.2) is 4.40 Å². The van der Waals surface area contributed by atoms with E-state index in [0.29, 0.717) is 12.8 Å². The first-order valence-electron chi connectivity index (χ1n) is 4.50. The molecule has 1 atom stereocenters. The zero-order chi connectivity index (χ0) is 10.1. The van der Waals surface area contributed by atoms with Crippen LogP contribution in [0.5, 0.6) is 0 Å². The molecule has 1 saturated carbocycles. The number of hydrogen-bond donors (Lipinski definition) is 0. The van der Waals surface area contributed by atoms with E-state index in [2.05, 4.69) is 4.40 Å². The Morgan fingerprint density at radius 3 is 2.31 bits per heavy atom. The predicted molar refractivity (Wildman–Crippen MR) is 54.1 cm³/mol. The van der Waals surface area contributed by atoms with Crippen LogP contribution in [0.2, 0.25) is 0 Å². The maximum absolute atomic E-state index is 13.4. The number of alkyl halides is 1. The first-order chi connectivity index (χ1) is 5.83. The van der Waals surface area contributed by atoms with Crippen LogP contribution >= 0.6 is 0 Å². The number of halogens is 1. The van der Waals surface area contributed by atoms with Crippen molar-refractivity contribution in [1.29, 1.82) is 0 Å². The third kappa shape index (κ3) is 2.86. The van der Waals surface area contributed by atoms with Gasteiger partial charge < -0.3 is 0 Å². The van der Waals surface area contributed by atoms with Crippen LogP contribution in [-0.4, -0.2) is 20.8 Å². The zero-order valence-electron chi connectivity index (χ0n) is 8.34. The largest absolute Gasteiger partial charge is 0.238 e. The van der Waals surface area contributed by atoms with Crippen LogP contribution in [0, 0.1) is 0 Å². The lowest BCUT2D eigenvalue weighted by Crippen LogP contribution is -2.34. The topological polar surface area (TPSA) is 29.4 Å². The normalized spacial score (nSPS) is 24.3. The van der Waals surface area contributed by atoms with Crippen LogP contribution in [0.1, 0.15) is 40.0 Å². The zero-order valence-corrected chi connectivity index (χ0v) is 9.16. The standard InChI is InChI=1S/C9H16FNOS/c1-8(2,3)13(12)11-7-9(10)5-4-6-9/h7H,4-6H2,1-3H3/b11-7+. The quantitative estimate of drug-likeness (QED) is 0.636. The van der Waals surface area contributed by atoms with E-state index < -0.39 is 21.4 Å². The summed E-state index contributed by atoms with van der Waals surface area (Å²) in [6.07, 6.45) is 3.19. The molecule has 1 rings (SSSR count). The lowest BCUT2D eigenvalue weighted by Gasteiger charge is -2.29. The fourth-order valence-corrected chi connectivity index (χ4v) is 1.54. The average Bonchev–Trinajstić information content (AvgIpc) is 1.94. The highest BCUT2D eigenvalue weighted by Crippen LogP contribution is 2.34. The molecule has 76 valence electrons. The van der Waals surface area contributed by atoms with E-state index in [-0.39, 0.29) is 0 Å². The Morgan fingerprint density at radius 2 is 2.00 bits per heavy atom. The first-order valence-corrected chi connectivity index (χ1v) is 5.60. The summed E-state index contributed by atoms with van der Waals surface area (Å²) < 4.78 is 28.1. The Bertz CT molecular complexity index is 240. The van der Waals surface area contributed by atoms with Gasteiger partial charge in [0.05, 0.1) is 11.0 Å². The molecule has 13 heavy (non-hydrogen) atoms. The molecule has 4 heteroatoms. The van der Waals surface area contributed by atoms with E-state index in [1.807, 2.05) is 20.8 Å². The molecule has 0 aromatic carbocycles. The molecule has 1 fully saturated rings. The highest BCUT2D eigenvalue weighted by atomic mass is 32.2. The Hall–Kier alpha value is -0.250. The molecule has 0 amide bonds. The van der Waals surface area contributed by atoms with E-state index in [1.54, 1.807) is 0 Å². The fourth-order valence-electron chi connectivity index (χ4n) is 0.944. The van der Waals surface area contributed by atoms with E-state index in [0.717, 1.165) is 6.42 Å². The van der Waals surface area contributed by atoms with Crippen LogP contribution in [0.4, 0.5) is 4.39 Å². The summed E-state index contributed by atoms with van der Waals surface area (Å²) in [6.45, 7) is 5.48. The monoisotopic (exact) mass is 205 g/mol. The fraction of sp³-hybridized carbons (Fsp3) is 0.889. The minimum atomic E-state index is -1.32. The Balaban J connectivity index is 2.53.